The van der Waals surface area contributed by atoms with Crippen LogP contribution in [-0.2, 0) is 4.79 Å². The molecule has 2 amide bonds. The number of amides is 2. The summed E-state index contributed by atoms with van der Waals surface area (Å²) in [5.74, 6) is 5.66. The number of carbonyl (C=O) groups is 2. The van der Waals surface area contributed by atoms with Crippen LogP contribution in [0.2, 0.25) is 0 Å². The summed E-state index contributed by atoms with van der Waals surface area (Å²) in [6.07, 6.45) is 5.69. The van der Waals surface area contributed by atoms with Crippen molar-refractivity contribution in [2.45, 2.75) is 57.6 Å². The van der Waals surface area contributed by atoms with Crippen LogP contribution in [0.5, 0.6) is 5.75 Å². The number of nitrogens with zero attached hydrogens (tertiary/aromatic N) is 3. The van der Waals surface area contributed by atoms with Crippen molar-refractivity contribution in [3.63, 3.8) is 0 Å². The fourth-order valence-corrected chi connectivity index (χ4v) is 4.17. The average molecular weight is 436 g/mol. The Kier molecular flexibility index (Phi) is 6.35. The van der Waals surface area contributed by atoms with E-state index >= 15 is 0 Å². The van der Waals surface area contributed by atoms with Gasteiger partial charge in [-0.1, -0.05) is 5.92 Å². The van der Waals surface area contributed by atoms with Gasteiger partial charge in [0.15, 0.2) is 0 Å². The van der Waals surface area contributed by atoms with E-state index < -0.39 is 5.91 Å². The molecule has 2 aromatic rings. The predicted molar refractivity (Wildman–Crippen MR) is 122 cm³/mol. The number of aromatic nitrogens is 2. The van der Waals surface area contributed by atoms with Gasteiger partial charge in [-0.3, -0.25) is 9.59 Å². The normalized spacial score (nSPS) is 17.1. The monoisotopic (exact) mass is 435 g/mol. The average Bonchev–Trinajstić information content (AvgIpc) is 3.49. The Labute approximate surface area is 187 Å². The van der Waals surface area contributed by atoms with Gasteiger partial charge in [-0.2, -0.15) is 5.10 Å². The van der Waals surface area contributed by atoms with E-state index in [1.54, 1.807) is 16.5 Å². The third-order valence-electron chi connectivity index (χ3n) is 5.94. The summed E-state index contributed by atoms with van der Waals surface area (Å²) in [7, 11) is 0. The van der Waals surface area contributed by atoms with Crippen molar-refractivity contribution in [1.29, 1.82) is 0 Å². The standard InChI is InChI=1S/C24H29N5O3/c1-2-5-20(30)28-14-3-6-17(7-4-15-28)29-23(25)21(24(26)31)22(27-29)16-8-10-18(11-9-16)32-19-12-13-19/h8-11,17,19H,3-4,6-7,12-15,25H2,1H3,(H2,26,31). The molecule has 168 valence electrons. The van der Waals surface area contributed by atoms with Gasteiger partial charge in [0.05, 0.1) is 12.1 Å². The maximum absolute atomic E-state index is 12.2. The molecule has 8 nitrogen and oxygen atoms in total. The second-order valence-corrected chi connectivity index (χ2v) is 8.36. The minimum atomic E-state index is -0.595. The van der Waals surface area contributed by atoms with Crippen molar-refractivity contribution in [3.8, 4) is 28.8 Å². The van der Waals surface area contributed by atoms with Gasteiger partial charge in [0.1, 0.15) is 22.8 Å². The molecule has 2 heterocycles. The molecule has 1 aliphatic carbocycles. The quantitative estimate of drug-likeness (QED) is 0.701. The van der Waals surface area contributed by atoms with Crippen LogP contribution >= 0.6 is 0 Å². The first-order chi connectivity index (χ1) is 15.5. The van der Waals surface area contributed by atoms with Gasteiger partial charge in [0.25, 0.3) is 11.8 Å². The lowest BCUT2D eigenvalue weighted by Gasteiger charge is -2.27. The zero-order chi connectivity index (χ0) is 22.7. The van der Waals surface area contributed by atoms with Crippen LogP contribution < -0.4 is 16.2 Å². The van der Waals surface area contributed by atoms with E-state index in [9.17, 15) is 9.59 Å². The van der Waals surface area contributed by atoms with Gasteiger partial charge in [0.2, 0.25) is 0 Å². The van der Waals surface area contributed by atoms with Gasteiger partial charge >= 0.3 is 0 Å². The van der Waals surface area contributed by atoms with E-state index in [-0.39, 0.29) is 17.5 Å². The first kappa shape index (κ1) is 21.8. The fraction of sp³-hybridized carbons (Fsp3) is 0.458. The number of benzene rings is 1. The van der Waals surface area contributed by atoms with E-state index in [1.807, 2.05) is 24.3 Å². The molecule has 0 radical (unpaired) electrons. The summed E-state index contributed by atoms with van der Waals surface area (Å²) in [5.41, 5.74) is 13.6. The van der Waals surface area contributed by atoms with E-state index in [1.165, 1.54) is 0 Å². The maximum atomic E-state index is 12.2. The minimum absolute atomic E-state index is 0.0360. The van der Waals surface area contributed by atoms with Crippen LogP contribution in [0.15, 0.2) is 24.3 Å². The summed E-state index contributed by atoms with van der Waals surface area (Å²) in [6.45, 7) is 2.95. The highest BCUT2D eigenvalue weighted by molar-refractivity contribution is 6.03. The molecule has 0 bridgehead atoms. The van der Waals surface area contributed by atoms with Gasteiger partial charge in [-0.25, -0.2) is 4.68 Å². The summed E-state index contributed by atoms with van der Waals surface area (Å²) in [4.78, 5) is 26.1. The molecule has 2 fully saturated rings. The Hall–Kier alpha value is -3.47. The Morgan fingerprint density at radius 3 is 2.31 bits per heavy atom. The van der Waals surface area contributed by atoms with Crippen molar-refractivity contribution in [1.82, 2.24) is 14.7 Å². The van der Waals surface area contributed by atoms with Crippen molar-refractivity contribution in [3.05, 3.63) is 29.8 Å². The Balaban J connectivity index is 1.55. The SMILES string of the molecule is CC#CC(=O)N1CCCC(n2nc(-c3ccc(OC4CC4)cc3)c(C(N)=O)c2N)CCC1. The zero-order valence-corrected chi connectivity index (χ0v) is 18.3. The molecule has 32 heavy (non-hydrogen) atoms. The second-order valence-electron chi connectivity index (χ2n) is 8.36. The zero-order valence-electron chi connectivity index (χ0n) is 18.3. The van der Waals surface area contributed by atoms with Crippen LogP contribution in [0.1, 0.15) is 61.8 Å². The van der Waals surface area contributed by atoms with Crippen LogP contribution in [0.25, 0.3) is 11.3 Å². The van der Waals surface area contributed by atoms with Crippen LogP contribution in [0, 0.1) is 11.8 Å². The number of rotatable bonds is 5. The molecule has 1 aliphatic heterocycles. The molecule has 0 atom stereocenters. The maximum Gasteiger partial charge on any atom is 0.298 e. The highest BCUT2D eigenvalue weighted by atomic mass is 16.5. The van der Waals surface area contributed by atoms with E-state index in [0.717, 1.165) is 49.8 Å². The number of anilines is 1. The molecule has 1 saturated carbocycles. The highest BCUT2D eigenvalue weighted by Crippen LogP contribution is 2.34. The van der Waals surface area contributed by atoms with Crippen LogP contribution in [-0.4, -0.2) is 45.7 Å². The van der Waals surface area contributed by atoms with Crippen molar-refractivity contribution in [2.75, 3.05) is 18.8 Å². The van der Waals surface area contributed by atoms with Gasteiger partial charge in [-0.05, 0) is 75.6 Å². The first-order valence-corrected chi connectivity index (χ1v) is 11.1. The summed E-state index contributed by atoms with van der Waals surface area (Å²) in [6, 6.07) is 7.57. The van der Waals surface area contributed by atoms with Crippen LogP contribution in [0.4, 0.5) is 5.82 Å². The lowest BCUT2D eigenvalue weighted by Crippen LogP contribution is -2.34. The molecule has 0 unspecified atom stereocenters. The minimum Gasteiger partial charge on any atom is -0.490 e. The Bertz CT molecular complexity index is 1050. The molecule has 1 aromatic heterocycles. The van der Waals surface area contributed by atoms with Crippen LogP contribution in [0.3, 0.4) is 0 Å². The highest BCUT2D eigenvalue weighted by Gasteiger charge is 2.27. The third kappa shape index (κ3) is 4.72. The number of hydrogen-bond donors (Lipinski definition) is 2. The van der Waals surface area contributed by atoms with Gasteiger partial charge in [0, 0.05) is 18.7 Å². The number of nitrogens with two attached hydrogens (primary N) is 2. The molecule has 4 N–H and O–H groups in total. The van der Waals surface area contributed by atoms with Gasteiger partial charge in [-0.15, -0.1) is 0 Å². The molecule has 4 rings (SSSR count). The number of nitrogen functional groups attached to an aromatic ring is 1. The second kappa shape index (κ2) is 9.35. The summed E-state index contributed by atoms with van der Waals surface area (Å²) in [5, 5.41) is 4.73. The van der Waals surface area contributed by atoms with Gasteiger partial charge < -0.3 is 21.1 Å². The van der Waals surface area contributed by atoms with Crippen molar-refractivity contribution < 1.29 is 14.3 Å². The molecular formula is C24H29N5O3. The smallest absolute Gasteiger partial charge is 0.298 e. The summed E-state index contributed by atoms with van der Waals surface area (Å²) < 4.78 is 7.55. The largest absolute Gasteiger partial charge is 0.490 e. The molecule has 1 aromatic carbocycles. The Morgan fingerprint density at radius 2 is 1.75 bits per heavy atom. The fourth-order valence-electron chi connectivity index (χ4n) is 4.17. The molecular weight excluding hydrogens is 406 g/mol. The Morgan fingerprint density at radius 1 is 1.09 bits per heavy atom. The predicted octanol–water partition coefficient (Wildman–Crippen LogP) is 2.74. The van der Waals surface area contributed by atoms with Crippen molar-refractivity contribution in [2.24, 2.45) is 5.73 Å². The number of carbonyl (C=O) groups excluding carboxylic acids is 2. The molecule has 0 spiro atoms. The lowest BCUT2D eigenvalue weighted by molar-refractivity contribution is -0.125. The lowest BCUT2D eigenvalue weighted by atomic mass is 10.0. The molecule has 1 saturated heterocycles. The topological polar surface area (TPSA) is 116 Å². The molecule has 8 heteroatoms. The van der Waals surface area contributed by atoms with Crippen molar-refractivity contribution >= 4 is 17.6 Å². The number of ether oxygens (including phenoxy) is 1. The number of primary amides is 1. The molecule has 2 aliphatic rings. The van der Waals surface area contributed by atoms with E-state index in [4.69, 9.17) is 21.3 Å². The first-order valence-electron chi connectivity index (χ1n) is 11.1. The number of hydrogen-bond acceptors (Lipinski definition) is 5. The van der Waals surface area contributed by atoms with E-state index in [0.29, 0.717) is 30.7 Å². The summed E-state index contributed by atoms with van der Waals surface area (Å²) >= 11 is 0. The number of likely N-dealkylation sites (tertiary alicyclic amines) is 1. The van der Waals surface area contributed by atoms with E-state index in [2.05, 4.69) is 11.8 Å². The third-order valence-corrected chi connectivity index (χ3v) is 5.94.